The fourth-order valence-electron chi connectivity index (χ4n) is 1.98. The molecule has 0 saturated carbocycles. The highest BCUT2D eigenvalue weighted by Crippen LogP contribution is 2.14. The van der Waals surface area contributed by atoms with E-state index in [4.69, 9.17) is 0 Å². The molecule has 1 N–H and O–H groups in total. The van der Waals surface area contributed by atoms with Crippen LogP contribution in [0.4, 0.5) is 4.39 Å². The minimum Gasteiger partial charge on any atom is -0.351 e. The Labute approximate surface area is 118 Å². The topological polar surface area (TPSA) is 29.1 Å². The maximum Gasteiger partial charge on any atom is 0.251 e. The molecule has 1 atom stereocenters. The smallest absolute Gasteiger partial charge is 0.251 e. The van der Waals surface area contributed by atoms with Crippen molar-refractivity contribution in [1.29, 1.82) is 0 Å². The van der Waals surface area contributed by atoms with Crippen LogP contribution >= 0.6 is 0 Å². The second-order valence-electron chi connectivity index (χ2n) is 4.99. The Morgan fingerprint density at radius 2 is 1.90 bits per heavy atom. The van der Waals surface area contributed by atoms with E-state index in [2.05, 4.69) is 5.32 Å². The normalized spacial score (nSPS) is 11.9. The van der Waals surface area contributed by atoms with Gasteiger partial charge in [-0.05, 0) is 36.1 Å². The zero-order valence-electron chi connectivity index (χ0n) is 11.7. The summed E-state index contributed by atoms with van der Waals surface area (Å²) in [5, 5.41) is 2.84. The molecule has 0 aliphatic carbocycles. The minimum absolute atomic E-state index is 0.218. The number of nitrogens with one attached hydrogen (secondary N) is 1. The van der Waals surface area contributed by atoms with Crippen molar-refractivity contribution >= 4 is 5.91 Å². The molecule has 0 aromatic heterocycles. The van der Waals surface area contributed by atoms with Crippen molar-refractivity contribution in [3.05, 3.63) is 71.0 Å². The summed E-state index contributed by atoms with van der Waals surface area (Å²) >= 11 is 0. The molecule has 0 bridgehead atoms. The number of aryl methyl sites for hydroxylation is 1. The van der Waals surface area contributed by atoms with Gasteiger partial charge in [0.1, 0.15) is 5.82 Å². The third kappa shape index (κ3) is 3.44. The molecule has 2 aromatic rings. The highest BCUT2D eigenvalue weighted by molar-refractivity contribution is 5.94. The van der Waals surface area contributed by atoms with Gasteiger partial charge in [0.05, 0.1) is 0 Å². The van der Waals surface area contributed by atoms with Crippen LogP contribution in [-0.4, -0.2) is 12.5 Å². The van der Waals surface area contributed by atoms with E-state index in [1.807, 2.05) is 37.3 Å². The fraction of sp³-hybridized carbons (Fsp3) is 0.235. The van der Waals surface area contributed by atoms with E-state index in [1.165, 1.54) is 11.6 Å². The number of hydrogen-bond donors (Lipinski definition) is 1. The maximum absolute atomic E-state index is 13.4. The summed E-state index contributed by atoms with van der Waals surface area (Å²) in [5.41, 5.74) is 2.07. The van der Waals surface area contributed by atoms with Crippen molar-refractivity contribution in [3.63, 3.8) is 0 Å². The van der Waals surface area contributed by atoms with E-state index in [0.29, 0.717) is 17.7 Å². The fourth-order valence-corrected chi connectivity index (χ4v) is 1.98. The number of hydrogen-bond acceptors (Lipinski definition) is 1. The predicted molar refractivity (Wildman–Crippen MR) is 78.3 cm³/mol. The first-order valence-electron chi connectivity index (χ1n) is 6.67. The standard InChI is InChI=1S/C17H18FNO/c1-12-8-9-15(10-16(12)18)17(20)19-11-13(2)14-6-4-3-5-7-14/h3-10,13H,11H2,1-2H3,(H,19,20)/t13-/m0/s1. The lowest BCUT2D eigenvalue weighted by Gasteiger charge is -2.13. The van der Waals surface area contributed by atoms with Gasteiger partial charge in [0.25, 0.3) is 5.91 Å². The zero-order chi connectivity index (χ0) is 14.5. The number of carbonyl (C=O) groups is 1. The zero-order valence-corrected chi connectivity index (χ0v) is 11.7. The Hall–Kier alpha value is -2.16. The lowest BCUT2D eigenvalue weighted by atomic mass is 10.0. The summed E-state index contributed by atoms with van der Waals surface area (Å²) in [4.78, 5) is 12.0. The van der Waals surface area contributed by atoms with Gasteiger partial charge in [0.2, 0.25) is 0 Å². The molecule has 2 aromatic carbocycles. The second-order valence-corrected chi connectivity index (χ2v) is 4.99. The van der Waals surface area contributed by atoms with Crippen LogP contribution in [0.15, 0.2) is 48.5 Å². The van der Waals surface area contributed by atoms with Gasteiger partial charge in [-0.2, -0.15) is 0 Å². The first-order valence-corrected chi connectivity index (χ1v) is 6.67. The monoisotopic (exact) mass is 271 g/mol. The first kappa shape index (κ1) is 14.3. The molecule has 20 heavy (non-hydrogen) atoms. The van der Waals surface area contributed by atoms with Gasteiger partial charge < -0.3 is 5.32 Å². The van der Waals surface area contributed by atoms with Crippen molar-refractivity contribution in [2.24, 2.45) is 0 Å². The summed E-state index contributed by atoms with van der Waals surface area (Å²) in [7, 11) is 0. The first-order chi connectivity index (χ1) is 9.58. The number of carbonyl (C=O) groups excluding carboxylic acids is 1. The van der Waals surface area contributed by atoms with Crippen molar-refractivity contribution in [2.45, 2.75) is 19.8 Å². The highest BCUT2D eigenvalue weighted by atomic mass is 19.1. The van der Waals surface area contributed by atoms with Gasteiger partial charge in [-0.3, -0.25) is 4.79 Å². The Morgan fingerprint density at radius 1 is 1.20 bits per heavy atom. The molecule has 0 spiro atoms. The van der Waals surface area contributed by atoms with Gasteiger partial charge in [-0.25, -0.2) is 4.39 Å². The predicted octanol–water partition coefficient (Wildman–Crippen LogP) is 3.67. The summed E-state index contributed by atoms with van der Waals surface area (Å²) in [5.74, 6) is -0.379. The molecule has 1 amide bonds. The number of rotatable bonds is 4. The van der Waals surface area contributed by atoms with E-state index in [9.17, 15) is 9.18 Å². The third-order valence-corrected chi connectivity index (χ3v) is 3.37. The molecule has 0 aliphatic heterocycles. The Morgan fingerprint density at radius 3 is 2.55 bits per heavy atom. The number of amides is 1. The summed E-state index contributed by atoms with van der Waals surface area (Å²) < 4.78 is 13.4. The van der Waals surface area contributed by atoms with E-state index >= 15 is 0 Å². The molecule has 0 radical (unpaired) electrons. The molecule has 104 valence electrons. The van der Waals surface area contributed by atoms with Crippen LogP contribution in [0.1, 0.15) is 34.3 Å². The quantitative estimate of drug-likeness (QED) is 0.903. The largest absolute Gasteiger partial charge is 0.351 e. The Bertz CT molecular complexity index is 595. The van der Waals surface area contributed by atoms with Crippen molar-refractivity contribution < 1.29 is 9.18 Å². The van der Waals surface area contributed by atoms with E-state index in [0.717, 1.165) is 0 Å². The summed E-state index contributed by atoms with van der Waals surface area (Å²) in [6, 6.07) is 14.5. The maximum atomic E-state index is 13.4. The summed E-state index contributed by atoms with van der Waals surface area (Å²) in [6.07, 6.45) is 0. The van der Waals surface area contributed by atoms with Gasteiger partial charge in [-0.1, -0.05) is 43.3 Å². The van der Waals surface area contributed by atoms with Crippen LogP contribution in [0, 0.1) is 12.7 Å². The molecule has 0 unspecified atom stereocenters. The van der Waals surface area contributed by atoms with E-state index < -0.39 is 0 Å². The molecule has 3 heteroatoms. The molecule has 2 nitrogen and oxygen atoms in total. The van der Waals surface area contributed by atoms with Crippen LogP contribution in [-0.2, 0) is 0 Å². The molecule has 0 heterocycles. The van der Waals surface area contributed by atoms with Crippen LogP contribution in [0.3, 0.4) is 0 Å². The van der Waals surface area contributed by atoms with Crippen molar-refractivity contribution in [2.75, 3.05) is 6.54 Å². The van der Waals surface area contributed by atoms with Crippen LogP contribution in [0.25, 0.3) is 0 Å². The van der Waals surface area contributed by atoms with Gasteiger partial charge in [0.15, 0.2) is 0 Å². The Kier molecular flexibility index (Phi) is 4.51. The SMILES string of the molecule is Cc1ccc(C(=O)NC[C@H](C)c2ccccc2)cc1F. The minimum atomic E-state index is -0.353. The third-order valence-electron chi connectivity index (χ3n) is 3.37. The Balaban J connectivity index is 1.97. The van der Waals surface area contributed by atoms with Crippen molar-refractivity contribution in [1.82, 2.24) is 5.32 Å². The highest BCUT2D eigenvalue weighted by Gasteiger charge is 2.10. The summed E-state index contributed by atoms with van der Waals surface area (Å²) in [6.45, 7) is 4.25. The van der Waals surface area contributed by atoms with Crippen molar-refractivity contribution in [3.8, 4) is 0 Å². The molecule has 0 fully saturated rings. The molecule has 0 saturated heterocycles. The van der Waals surface area contributed by atoms with E-state index in [1.54, 1.807) is 19.1 Å². The average molecular weight is 271 g/mol. The van der Waals surface area contributed by atoms with Gasteiger partial charge in [-0.15, -0.1) is 0 Å². The van der Waals surface area contributed by atoms with Crippen LogP contribution in [0.2, 0.25) is 0 Å². The lowest BCUT2D eigenvalue weighted by molar-refractivity contribution is 0.0951. The molecular formula is C17H18FNO. The molecule has 2 rings (SSSR count). The van der Waals surface area contributed by atoms with Crippen LogP contribution in [0.5, 0.6) is 0 Å². The number of halogens is 1. The van der Waals surface area contributed by atoms with Gasteiger partial charge in [0, 0.05) is 12.1 Å². The van der Waals surface area contributed by atoms with Gasteiger partial charge >= 0.3 is 0 Å². The number of benzene rings is 2. The molecular weight excluding hydrogens is 253 g/mol. The average Bonchev–Trinajstić information content (AvgIpc) is 2.48. The van der Waals surface area contributed by atoms with E-state index in [-0.39, 0.29) is 17.6 Å². The lowest BCUT2D eigenvalue weighted by Crippen LogP contribution is -2.27. The second kappa shape index (κ2) is 6.33. The van der Waals surface area contributed by atoms with Crippen LogP contribution < -0.4 is 5.32 Å². The molecule has 0 aliphatic rings.